The predicted octanol–water partition coefficient (Wildman–Crippen LogP) is 4.06. The van der Waals surface area contributed by atoms with Crippen molar-refractivity contribution in [2.45, 2.75) is 61.8 Å². The summed E-state index contributed by atoms with van der Waals surface area (Å²) in [5.74, 6) is 0.359. The van der Waals surface area contributed by atoms with E-state index in [2.05, 4.69) is 34.6 Å². The smallest absolute Gasteiger partial charge is 0.138 e. The van der Waals surface area contributed by atoms with Crippen LogP contribution in [-0.4, -0.2) is 5.78 Å². The molecule has 0 spiro atoms. The molecule has 0 radical (unpaired) electrons. The van der Waals surface area contributed by atoms with Crippen LogP contribution in [0.15, 0.2) is 0 Å². The average molecular weight is 198 g/mol. The summed E-state index contributed by atoms with van der Waals surface area (Å²) < 4.78 is 0. The summed E-state index contributed by atoms with van der Waals surface area (Å²) in [7, 11) is 0. The Kier molecular flexibility index (Phi) is 3.59. The van der Waals surface area contributed by atoms with Crippen molar-refractivity contribution in [3.8, 4) is 0 Å². The van der Waals surface area contributed by atoms with Gasteiger partial charge >= 0.3 is 0 Å². The van der Waals surface area contributed by atoms with Gasteiger partial charge in [0.05, 0.1) is 0 Å². The van der Waals surface area contributed by atoms with Crippen molar-refractivity contribution in [1.29, 1.82) is 0 Å². The van der Waals surface area contributed by atoms with Crippen molar-refractivity contribution >= 4 is 5.78 Å². The number of Topliss-reactive ketones (excluding diaryl/α,β-unsaturated/α-hetero) is 1. The predicted molar refractivity (Wildman–Crippen MR) is 62.3 cm³/mol. The van der Waals surface area contributed by atoms with E-state index in [1.54, 1.807) is 0 Å². The summed E-state index contributed by atoms with van der Waals surface area (Å²) in [4.78, 5) is 11.9. The molecule has 0 aromatic carbocycles. The number of hydrogen-bond acceptors (Lipinski definition) is 1. The first-order valence-electron chi connectivity index (χ1n) is 5.41. The molecule has 0 heterocycles. The van der Waals surface area contributed by atoms with E-state index < -0.39 is 0 Å². The van der Waals surface area contributed by atoms with Gasteiger partial charge in [0.15, 0.2) is 0 Å². The van der Waals surface area contributed by atoms with Crippen LogP contribution in [0.4, 0.5) is 0 Å². The summed E-state index contributed by atoms with van der Waals surface area (Å²) in [6.07, 6.45) is 0.667. The Bertz CT molecular complexity index is 210. The first kappa shape index (κ1) is 13.7. The van der Waals surface area contributed by atoms with Gasteiger partial charge in [0, 0.05) is 11.8 Å². The van der Waals surface area contributed by atoms with E-state index in [9.17, 15) is 4.79 Å². The summed E-state index contributed by atoms with van der Waals surface area (Å²) in [6, 6.07) is 0. The second-order valence-electron chi connectivity index (χ2n) is 6.98. The maximum atomic E-state index is 11.9. The minimum absolute atomic E-state index is 0.0668. The molecule has 0 saturated heterocycles. The largest absolute Gasteiger partial charge is 0.299 e. The van der Waals surface area contributed by atoms with Crippen LogP contribution in [-0.2, 0) is 4.79 Å². The molecule has 0 aliphatic heterocycles. The lowest BCUT2D eigenvalue weighted by molar-refractivity contribution is -0.130. The fourth-order valence-corrected chi connectivity index (χ4v) is 0.932. The lowest BCUT2D eigenvalue weighted by Crippen LogP contribution is -2.35. The van der Waals surface area contributed by atoms with Crippen LogP contribution in [0.2, 0.25) is 0 Å². The van der Waals surface area contributed by atoms with Crippen LogP contribution < -0.4 is 0 Å². The molecule has 0 atom stereocenters. The van der Waals surface area contributed by atoms with Gasteiger partial charge in [-0.15, -0.1) is 0 Å². The minimum Gasteiger partial charge on any atom is -0.299 e. The molecule has 1 heteroatoms. The van der Waals surface area contributed by atoms with E-state index in [0.29, 0.717) is 12.2 Å². The van der Waals surface area contributed by atoms with E-state index in [1.165, 1.54) is 0 Å². The van der Waals surface area contributed by atoms with E-state index in [0.717, 1.165) is 0 Å². The van der Waals surface area contributed by atoms with E-state index >= 15 is 0 Å². The zero-order valence-corrected chi connectivity index (χ0v) is 11.1. The zero-order chi connectivity index (χ0) is 11.8. The highest BCUT2D eigenvalue weighted by atomic mass is 16.1. The highest BCUT2D eigenvalue weighted by molar-refractivity contribution is 5.84. The van der Waals surface area contributed by atoms with Crippen LogP contribution in [0, 0.1) is 16.2 Å². The van der Waals surface area contributed by atoms with Gasteiger partial charge < -0.3 is 0 Å². The summed E-state index contributed by atoms with van der Waals surface area (Å²) in [5, 5.41) is 0. The molecular weight excluding hydrogens is 172 g/mol. The van der Waals surface area contributed by atoms with E-state index in [4.69, 9.17) is 0 Å². The molecule has 0 amide bonds. The number of ketones is 1. The van der Waals surface area contributed by atoms with Gasteiger partial charge in [-0.2, -0.15) is 0 Å². The number of carbonyl (C=O) groups excluding carboxylic acids is 1. The van der Waals surface area contributed by atoms with Crippen molar-refractivity contribution < 1.29 is 4.79 Å². The molecule has 0 N–H and O–H groups in total. The van der Waals surface area contributed by atoms with Gasteiger partial charge in [0.25, 0.3) is 0 Å². The molecular formula is C13H26O. The van der Waals surface area contributed by atoms with E-state index in [1.807, 2.05) is 20.8 Å². The Hall–Kier alpha value is -0.330. The highest BCUT2D eigenvalue weighted by Crippen LogP contribution is 2.42. The van der Waals surface area contributed by atoms with Crippen LogP contribution in [0.5, 0.6) is 0 Å². The highest BCUT2D eigenvalue weighted by Gasteiger charge is 2.37. The summed E-state index contributed by atoms with van der Waals surface area (Å²) in [6.45, 7) is 16.9. The van der Waals surface area contributed by atoms with Gasteiger partial charge in [0.1, 0.15) is 5.78 Å². The second-order valence-corrected chi connectivity index (χ2v) is 6.98. The molecule has 0 aliphatic carbocycles. The van der Waals surface area contributed by atoms with Crippen molar-refractivity contribution in [3.05, 3.63) is 0 Å². The van der Waals surface area contributed by atoms with Gasteiger partial charge in [-0.3, -0.25) is 4.79 Å². The fraction of sp³-hybridized carbons (Fsp3) is 0.923. The molecule has 0 bridgehead atoms. The summed E-state index contributed by atoms with van der Waals surface area (Å²) in [5.41, 5.74) is 0.0355. The number of rotatable bonds is 2. The Morgan fingerprint density at radius 2 is 1.21 bits per heavy atom. The van der Waals surface area contributed by atoms with Gasteiger partial charge in [0.2, 0.25) is 0 Å². The Morgan fingerprint density at radius 3 is 1.43 bits per heavy atom. The molecule has 0 aromatic rings. The zero-order valence-electron chi connectivity index (χ0n) is 11.1. The van der Waals surface area contributed by atoms with Gasteiger partial charge in [-0.25, -0.2) is 0 Å². The normalized spacial score (nSPS) is 14.3. The van der Waals surface area contributed by atoms with Crippen molar-refractivity contribution in [3.63, 3.8) is 0 Å². The molecule has 0 aromatic heterocycles. The average Bonchev–Trinajstić information content (AvgIpc) is 1.80. The third-order valence-corrected chi connectivity index (χ3v) is 3.47. The Labute approximate surface area is 89.3 Å². The van der Waals surface area contributed by atoms with Gasteiger partial charge in [-0.1, -0.05) is 55.4 Å². The molecule has 14 heavy (non-hydrogen) atoms. The maximum absolute atomic E-state index is 11.9. The molecule has 0 rings (SSSR count). The minimum atomic E-state index is -0.206. The Morgan fingerprint density at radius 1 is 0.857 bits per heavy atom. The standard InChI is InChI=1S/C13H26O/c1-11(2,3)10(14)9-13(7,8)12(4,5)6/h9H2,1-8H3. The molecule has 0 saturated carbocycles. The third kappa shape index (κ3) is 3.43. The second kappa shape index (κ2) is 3.67. The Balaban J connectivity index is 4.62. The molecule has 0 unspecified atom stereocenters. The number of hydrogen-bond donors (Lipinski definition) is 0. The molecule has 0 aliphatic rings. The SMILES string of the molecule is CC(C)(C)C(=O)CC(C)(C)C(C)(C)C. The summed E-state index contributed by atoms with van der Waals surface area (Å²) >= 11 is 0. The van der Waals surface area contributed by atoms with Crippen molar-refractivity contribution in [2.75, 3.05) is 0 Å². The topological polar surface area (TPSA) is 17.1 Å². The van der Waals surface area contributed by atoms with E-state index in [-0.39, 0.29) is 16.2 Å². The third-order valence-electron chi connectivity index (χ3n) is 3.47. The monoisotopic (exact) mass is 198 g/mol. The van der Waals surface area contributed by atoms with Crippen LogP contribution in [0.25, 0.3) is 0 Å². The first-order chi connectivity index (χ1) is 5.88. The molecule has 1 nitrogen and oxygen atoms in total. The quantitative estimate of drug-likeness (QED) is 0.654. The van der Waals surface area contributed by atoms with Crippen molar-refractivity contribution in [1.82, 2.24) is 0 Å². The van der Waals surface area contributed by atoms with Crippen LogP contribution >= 0.6 is 0 Å². The fourth-order valence-electron chi connectivity index (χ4n) is 0.932. The number of carbonyl (C=O) groups is 1. The maximum Gasteiger partial charge on any atom is 0.138 e. The lowest BCUT2D eigenvalue weighted by Gasteiger charge is -2.39. The molecule has 84 valence electrons. The van der Waals surface area contributed by atoms with Crippen LogP contribution in [0.1, 0.15) is 61.8 Å². The molecule has 0 fully saturated rings. The van der Waals surface area contributed by atoms with Crippen molar-refractivity contribution in [2.24, 2.45) is 16.2 Å². The lowest BCUT2D eigenvalue weighted by atomic mass is 9.65. The van der Waals surface area contributed by atoms with Gasteiger partial charge in [-0.05, 0) is 10.8 Å². The van der Waals surface area contributed by atoms with Crippen LogP contribution in [0.3, 0.4) is 0 Å². The first-order valence-corrected chi connectivity index (χ1v) is 5.41.